The first-order valence-electron chi connectivity index (χ1n) is 5.41. The van der Waals surface area contributed by atoms with E-state index in [9.17, 15) is 0 Å². The fourth-order valence-corrected chi connectivity index (χ4v) is 3.52. The van der Waals surface area contributed by atoms with Crippen LogP contribution in [0.5, 0.6) is 0 Å². The number of rotatable bonds is 1. The molecular weight excluding hydrogens is 216 g/mol. The maximum Gasteiger partial charge on any atom is 0.338 e. The van der Waals surface area contributed by atoms with Crippen molar-refractivity contribution in [1.82, 2.24) is 0 Å². The molecule has 0 saturated carbocycles. The molecule has 2 nitrogen and oxygen atoms in total. The van der Waals surface area contributed by atoms with E-state index < -0.39 is 0 Å². The van der Waals surface area contributed by atoms with Crippen LogP contribution in [0, 0.1) is 19.3 Å². The van der Waals surface area contributed by atoms with E-state index in [0.29, 0.717) is 6.54 Å². The van der Waals surface area contributed by atoms with Gasteiger partial charge in [0.1, 0.15) is 25.2 Å². The van der Waals surface area contributed by atoms with Gasteiger partial charge in [0.15, 0.2) is 0 Å². The summed E-state index contributed by atoms with van der Waals surface area (Å²) >= 11 is 1.84. The Balaban J connectivity index is 2.17. The fourth-order valence-electron chi connectivity index (χ4n) is 2.21. The van der Waals surface area contributed by atoms with Crippen molar-refractivity contribution in [2.75, 3.05) is 18.0 Å². The van der Waals surface area contributed by atoms with E-state index in [-0.39, 0.29) is 0 Å². The number of benzene rings is 1. The maximum absolute atomic E-state index is 5.39. The lowest BCUT2D eigenvalue weighted by Crippen LogP contribution is -2.28. The molecule has 0 fully saturated rings. The predicted molar refractivity (Wildman–Crippen MR) is 67.8 cm³/mol. The Morgan fingerprint density at radius 1 is 1.56 bits per heavy atom. The molecule has 1 aliphatic heterocycles. The standard InChI is InChI=1S/C13H13N2S/c1-3-6-14-7-8-15-11-5-4-10(2)9-12(11)16-13(14)15/h1,4-5,9H,6-8H2,2H3/q+1. The SMILES string of the molecule is C#CCN1CC[n+]2c1sc1cc(C)ccc12. The van der Waals surface area contributed by atoms with E-state index in [1.54, 1.807) is 0 Å². The molecule has 0 bridgehead atoms. The monoisotopic (exact) mass is 229 g/mol. The van der Waals surface area contributed by atoms with Gasteiger partial charge in [-0.3, -0.25) is 0 Å². The Hall–Kier alpha value is -1.53. The molecule has 3 heteroatoms. The fraction of sp³-hybridized carbons (Fsp3) is 0.308. The zero-order valence-electron chi connectivity index (χ0n) is 9.23. The van der Waals surface area contributed by atoms with E-state index in [0.717, 1.165) is 13.1 Å². The zero-order chi connectivity index (χ0) is 11.1. The van der Waals surface area contributed by atoms with Crippen molar-refractivity contribution in [2.24, 2.45) is 0 Å². The molecule has 2 heterocycles. The number of hydrogen-bond acceptors (Lipinski definition) is 2. The number of anilines is 1. The van der Waals surface area contributed by atoms with Crippen LogP contribution < -0.4 is 9.47 Å². The molecule has 1 aliphatic rings. The highest BCUT2D eigenvalue weighted by atomic mass is 32.1. The predicted octanol–water partition coefficient (Wildman–Crippen LogP) is 1.95. The van der Waals surface area contributed by atoms with Crippen LogP contribution in [0.1, 0.15) is 5.56 Å². The van der Waals surface area contributed by atoms with Crippen molar-refractivity contribution in [2.45, 2.75) is 13.5 Å². The molecule has 0 atom stereocenters. The van der Waals surface area contributed by atoms with Gasteiger partial charge in [-0.2, -0.15) is 0 Å². The lowest BCUT2D eigenvalue weighted by Gasteiger charge is -2.01. The Morgan fingerprint density at radius 2 is 2.44 bits per heavy atom. The van der Waals surface area contributed by atoms with E-state index in [1.807, 2.05) is 11.3 Å². The number of terminal acetylenes is 1. The smallest absolute Gasteiger partial charge is 0.237 e. The first-order valence-corrected chi connectivity index (χ1v) is 6.22. The Bertz CT molecular complexity index is 592. The second-order valence-electron chi connectivity index (χ2n) is 4.13. The third-order valence-electron chi connectivity index (χ3n) is 2.98. The van der Waals surface area contributed by atoms with Crippen LogP contribution in [0.25, 0.3) is 10.2 Å². The summed E-state index contributed by atoms with van der Waals surface area (Å²) < 4.78 is 3.73. The molecule has 1 aromatic heterocycles. The average molecular weight is 229 g/mol. The number of aryl methyl sites for hydroxylation is 1. The van der Waals surface area contributed by atoms with Gasteiger partial charge in [-0.15, -0.1) is 6.42 Å². The largest absolute Gasteiger partial charge is 0.338 e. The summed E-state index contributed by atoms with van der Waals surface area (Å²) in [5.41, 5.74) is 2.65. The summed E-state index contributed by atoms with van der Waals surface area (Å²) in [7, 11) is 0. The van der Waals surface area contributed by atoms with Gasteiger partial charge in [-0.25, -0.2) is 9.47 Å². The lowest BCUT2D eigenvalue weighted by atomic mass is 10.2. The first kappa shape index (κ1) is 9.68. The van der Waals surface area contributed by atoms with Gasteiger partial charge >= 0.3 is 5.13 Å². The highest BCUT2D eigenvalue weighted by molar-refractivity contribution is 7.21. The zero-order valence-corrected chi connectivity index (χ0v) is 10.0. The number of aromatic nitrogens is 1. The molecule has 0 N–H and O–H groups in total. The van der Waals surface area contributed by atoms with Crippen LogP contribution in [0.15, 0.2) is 18.2 Å². The minimum absolute atomic E-state index is 0.714. The Labute approximate surface area is 99.1 Å². The first-order chi connectivity index (χ1) is 7.79. The highest BCUT2D eigenvalue weighted by Gasteiger charge is 2.31. The molecule has 80 valence electrons. The van der Waals surface area contributed by atoms with Crippen molar-refractivity contribution in [3.05, 3.63) is 23.8 Å². The summed E-state index contributed by atoms with van der Waals surface area (Å²) in [6.45, 7) is 4.94. The number of fused-ring (bicyclic) bond motifs is 3. The van der Waals surface area contributed by atoms with Crippen molar-refractivity contribution in [3.8, 4) is 12.3 Å². The molecule has 0 radical (unpaired) electrons. The Morgan fingerprint density at radius 3 is 3.25 bits per heavy atom. The number of nitrogens with zero attached hydrogens (tertiary/aromatic N) is 2. The van der Waals surface area contributed by atoms with Crippen molar-refractivity contribution in [1.29, 1.82) is 0 Å². The van der Waals surface area contributed by atoms with E-state index in [1.165, 1.54) is 20.9 Å². The van der Waals surface area contributed by atoms with Crippen molar-refractivity contribution in [3.63, 3.8) is 0 Å². The van der Waals surface area contributed by atoms with Crippen LogP contribution in [-0.4, -0.2) is 13.1 Å². The molecule has 0 unspecified atom stereocenters. The summed E-state index contributed by atoms with van der Waals surface area (Å²) in [6.07, 6.45) is 5.39. The van der Waals surface area contributed by atoms with Crippen molar-refractivity contribution >= 4 is 26.7 Å². The van der Waals surface area contributed by atoms with Crippen LogP contribution in [0.3, 0.4) is 0 Å². The highest BCUT2D eigenvalue weighted by Crippen LogP contribution is 2.30. The molecule has 1 aromatic carbocycles. The molecule has 0 saturated heterocycles. The number of hydrogen-bond donors (Lipinski definition) is 0. The topological polar surface area (TPSA) is 7.12 Å². The molecule has 2 aromatic rings. The Kier molecular flexibility index (Phi) is 2.12. The third-order valence-corrected chi connectivity index (χ3v) is 4.19. The lowest BCUT2D eigenvalue weighted by molar-refractivity contribution is -0.641. The minimum atomic E-state index is 0.714. The third kappa shape index (κ3) is 1.30. The summed E-state index contributed by atoms with van der Waals surface area (Å²) in [5, 5.41) is 1.30. The number of thiazole rings is 1. The minimum Gasteiger partial charge on any atom is -0.237 e. The second-order valence-corrected chi connectivity index (χ2v) is 5.14. The quantitative estimate of drug-likeness (QED) is 0.535. The summed E-state index contributed by atoms with van der Waals surface area (Å²) in [4.78, 5) is 2.28. The van der Waals surface area contributed by atoms with Gasteiger partial charge in [0, 0.05) is 0 Å². The molecule has 3 rings (SSSR count). The molecule has 16 heavy (non-hydrogen) atoms. The van der Waals surface area contributed by atoms with Crippen LogP contribution >= 0.6 is 11.3 Å². The van der Waals surface area contributed by atoms with E-state index in [2.05, 4.69) is 40.5 Å². The summed E-state index contributed by atoms with van der Waals surface area (Å²) in [6, 6.07) is 6.63. The second kappa shape index (κ2) is 3.50. The molecule has 0 aliphatic carbocycles. The van der Waals surface area contributed by atoms with Gasteiger partial charge < -0.3 is 0 Å². The van der Waals surface area contributed by atoms with Gasteiger partial charge in [0.2, 0.25) is 0 Å². The summed E-state index contributed by atoms with van der Waals surface area (Å²) in [5.74, 6) is 2.73. The van der Waals surface area contributed by atoms with Gasteiger partial charge in [0.05, 0.1) is 4.70 Å². The van der Waals surface area contributed by atoms with Gasteiger partial charge in [-0.05, 0) is 36.0 Å². The average Bonchev–Trinajstić information content (AvgIpc) is 2.78. The van der Waals surface area contributed by atoms with E-state index in [4.69, 9.17) is 6.42 Å². The van der Waals surface area contributed by atoms with Gasteiger partial charge in [0.25, 0.3) is 0 Å². The molecular formula is C13H13N2S+. The normalized spacial score (nSPS) is 14.1. The molecule has 0 spiro atoms. The van der Waals surface area contributed by atoms with Crippen LogP contribution in [0.2, 0.25) is 0 Å². The van der Waals surface area contributed by atoms with Crippen molar-refractivity contribution < 1.29 is 4.57 Å². The maximum atomic E-state index is 5.39. The molecule has 0 amide bonds. The van der Waals surface area contributed by atoms with Crippen LogP contribution in [-0.2, 0) is 6.54 Å². The van der Waals surface area contributed by atoms with Crippen LogP contribution in [0.4, 0.5) is 5.13 Å². The van der Waals surface area contributed by atoms with E-state index >= 15 is 0 Å². The van der Waals surface area contributed by atoms with Gasteiger partial charge in [-0.1, -0.05) is 12.0 Å².